The quantitative estimate of drug-likeness (QED) is 0.0452. The number of ether oxygens (including phenoxy) is 2. The van der Waals surface area contributed by atoms with Crippen LogP contribution in [-0.4, -0.2) is 157 Å². The highest BCUT2D eigenvalue weighted by atomic mass is 19.1. The number of hydrogen-bond donors (Lipinski definition) is 3. The number of carbonyl (C=O) groups excluding carboxylic acids is 6. The average Bonchev–Trinajstić information content (AvgIpc) is 3.87. The number of fused-ring (bicyclic) bond motifs is 1. The Morgan fingerprint density at radius 2 is 1.75 bits per heavy atom. The third-order valence-electron chi connectivity index (χ3n) is 14.2. The molecule has 8 rings (SSSR count). The number of aromatic nitrogens is 3. The standard InChI is InChI=1S/C40H49F2N9O3.C16H18N2O5/c1-3-54-32-23-33(38-30(24-43)26-46-51(38)27-32)29-9-12-36(45-25-29)49-16-13-40(14-17-49,47-39(53)34-22-31(41)10-11-35(34)42)28-48-18-20-50(21-19-48)37(52)8-6-4-5-7-15-44-2;1-18(13-5-6-15(21)17-16(13)22)9-12-11(10-20)3-2-4-14(12)23-8-7-19/h9-12,22-23,25-27,44H,3-8,13-21,28H2,1-2H3,(H,47,53);2-4,7,10,13H,5-6,8-9H2,1H3,(H,17,21,22). The van der Waals surface area contributed by atoms with Gasteiger partial charge in [0, 0.05) is 93.7 Å². The maximum atomic E-state index is 14.7. The van der Waals surface area contributed by atoms with E-state index in [0.717, 1.165) is 67.4 Å². The van der Waals surface area contributed by atoms with Crippen molar-refractivity contribution in [3.8, 4) is 28.7 Å². The van der Waals surface area contributed by atoms with E-state index in [1.54, 1.807) is 47.1 Å². The van der Waals surface area contributed by atoms with Gasteiger partial charge in [0.2, 0.25) is 17.7 Å². The molecule has 21 heteroatoms. The van der Waals surface area contributed by atoms with Crippen molar-refractivity contribution in [1.29, 1.82) is 5.26 Å². The van der Waals surface area contributed by atoms with Crippen LogP contribution in [0, 0.1) is 23.0 Å². The highest BCUT2D eigenvalue weighted by molar-refractivity contribution is 6.00. The largest absolute Gasteiger partial charge is 0.492 e. The van der Waals surface area contributed by atoms with Crippen LogP contribution in [0.25, 0.3) is 16.6 Å². The third kappa shape index (κ3) is 14.8. The fourth-order valence-corrected chi connectivity index (χ4v) is 10.1. The summed E-state index contributed by atoms with van der Waals surface area (Å²) in [6.07, 6.45) is 12.9. The van der Waals surface area contributed by atoms with Crippen molar-refractivity contribution < 1.29 is 47.0 Å². The van der Waals surface area contributed by atoms with Crippen molar-refractivity contribution in [2.45, 2.75) is 82.8 Å². The number of nitriles is 1. The van der Waals surface area contributed by atoms with Gasteiger partial charge in [-0.05, 0) is 102 Å². The summed E-state index contributed by atoms with van der Waals surface area (Å²) in [5, 5.41) is 22.6. The molecule has 3 aliphatic heterocycles. The Kier molecular flexibility index (Phi) is 20.3. The average molecular weight is 1060 g/mol. The number of carbonyl (C=O) groups is 6. The predicted molar refractivity (Wildman–Crippen MR) is 283 cm³/mol. The Balaban J connectivity index is 0.000000312. The number of aldehydes is 2. The molecular weight excluding hydrogens is 993 g/mol. The molecule has 0 spiro atoms. The fourth-order valence-electron chi connectivity index (χ4n) is 10.1. The number of amides is 4. The predicted octanol–water partition coefficient (Wildman–Crippen LogP) is 5.34. The molecule has 3 N–H and O–H groups in total. The van der Waals surface area contributed by atoms with Crippen LogP contribution in [0.3, 0.4) is 0 Å². The lowest BCUT2D eigenvalue weighted by Crippen LogP contribution is -2.62. The van der Waals surface area contributed by atoms with Crippen molar-refractivity contribution in [2.24, 2.45) is 0 Å². The van der Waals surface area contributed by atoms with Gasteiger partial charge in [-0.25, -0.2) is 18.3 Å². The number of rotatable bonds is 22. The van der Waals surface area contributed by atoms with Gasteiger partial charge in [-0.15, -0.1) is 0 Å². The fraction of sp³-hybridized carbons (Fsp3) is 0.446. The van der Waals surface area contributed by atoms with Gasteiger partial charge in [0.1, 0.15) is 41.6 Å². The van der Waals surface area contributed by atoms with Gasteiger partial charge in [-0.3, -0.25) is 43.9 Å². The molecule has 3 fully saturated rings. The van der Waals surface area contributed by atoms with Crippen LogP contribution in [0.4, 0.5) is 14.6 Å². The first-order valence-corrected chi connectivity index (χ1v) is 26.1. The molecule has 19 nitrogen and oxygen atoms in total. The van der Waals surface area contributed by atoms with Gasteiger partial charge in [0.15, 0.2) is 12.6 Å². The summed E-state index contributed by atoms with van der Waals surface area (Å²) >= 11 is 0. The molecule has 408 valence electrons. The third-order valence-corrected chi connectivity index (χ3v) is 14.2. The minimum absolute atomic E-state index is 0.114. The Morgan fingerprint density at radius 1 is 0.974 bits per heavy atom. The summed E-state index contributed by atoms with van der Waals surface area (Å²) in [5.74, 6) is -0.724. The van der Waals surface area contributed by atoms with E-state index in [1.807, 2.05) is 37.1 Å². The van der Waals surface area contributed by atoms with Crippen LogP contribution in [0.1, 0.15) is 96.6 Å². The van der Waals surface area contributed by atoms with E-state index in [1.165, 1.54) is 6.20 Å². The van der Waals surface area contributed by atoms with Crippen molar-refractivity contribution in [3.63, 3.8) is 0 Å². The Hall–Kier alpha value is -7.67. The second-order valence-electron chi connectivity index (χ2n) is 19.5. The van der Waals surface area contributed by atoms with E-state index >= 15 is 0 Å². The second kappa shape index (κ2) is 27.4. The van der Waals surface area contributed by atoms with E-state index in [9.17, 15) is 42.8 Å². The first-order valence-electron chi connectivity index (χ1n) is 26.1. The number of likely N-dealkylation sites (N-methyl/N-ethyl adjacent to an activating group) is 1. The zero-order chi connectivity index (χ0) is 54.9. The minimum atomic E-state index is -0.776. The van der Waals surface area contributed by atoms with Gasteiger partial charge in [-0.2, -0.15) is 10.4 Å². The number of piperidine rings is 2. The number of nitrogens with one attached hydrogen (secondary N) is 3. The zero-order valence-electron chi connectivity index (χ0n) is 43.9. The van der Waals surface area contributed by atoms with Crippen molar-refractivity contribution >= 4 is 47.5 Å². The molecular formula is C56H67F2N11O8. The Morgan fingerprint density at radius 3 is 2.44 bits per heavy atom. The molecule has 3 aliphatic rings. The van der Waals surface area contributed by atoms with Gasteiger partial charge in [-0.1, -0.05) is 25.0 Å². The zero-order valence-corrected chi connectivity index (χ0v) is 43.9. The van der Waals surface area contributed by atoms with Crippen LogP contribution < -0.4 is 30.3 Å². The summed E-state index contributed by atoms with van der Waals surface area (Å²) in [6, 6.07) is 15.4. The number of imide groups is 1. The monoisotopic (exact) mass is 1060 g/mol. The Labute approximate surface area is 446 Å². The van der Waals surface area contributed by atoms with Crippen LogP contribution in [0.15, 0.2) is 73.2 Å². The topological polar surface area (TPSA) is 224 Å². The van der Waals surface area contributed by atoms with E-state index in [-0.39, 0.29) is 42.9 Å². The molecule has 4 amide bonds. The second-order valence-corrected chi connectivity index (χ2v) is 19.5. The molecule has 3 saturated heterocycles. The van der Waals surface area contributed by atoms with Crippen LogP contribution in [0.2, 0.25) is 0 Å². The number of hydrogen-bond acceptors (Lipinski definition) is 15. The van der Waals surface area contributed by atoms with Crippen LogP contribution >= 0.6 is 0 Å². The summed E-state index contributed by atoms with van der Waals surface area (Å²) in [5.41, 5.74) is 2.71. The summed E-state index contributed by atoms with van der Waals surface area (Å²) < 4.78 is 41.6. The van der Waals surface area contributed by atoms with Gasteiger partial charge < -0.3 is 29.9 Å². The van der Waals surface area contributed by atoms with Crippen molar-refractivity contribution in [2.75, 3.05) is 84.6 Å². The van der Waals surface area contributed by atoms with Crippen molar-refractivity contribution in [3.05, 3.63) is 107 Å². The van der Waals surface area contributed by atoms with Gasteiger partial charge in [0.05, 0.1) is 47.2 Å². The van der Waals surface area contributed by atoms with Crippen LogP contribution in [-0.2, 0) is 25.7 Å². The minimum Gasteiger partial charge on any atom is -0.492 e. The van der Waals surface area contributed by atoms with E-state index in [2.05, 4.69) is 36.9 Å². The number of halogens is 2. The normalized spacial score (nSPS) is 16.5. The SMILES string of the molecule is CCOc1cc(-c2ccc(N3CCC(CN4CCN(C(=O)CCCCCCNC)CC4)(NC(=O)c4cc(F)ccc4F)CC3)nc2)c2c(C#N)cnn2c1.CN(Cc1c(C=O)cccc1OCC=O)C1CCC(=O)NC1=O. The molecule has 2 aromatic carbocycles. The number of piperazine rings is 1. The molecule has 1 atom stereocenters. The summed E-state index contributed by atoms with van der Waals surface area (Å²) in [4.78, 5) is 84.3. The van der Waals surface area contributed by atoms with Gasteiger partial charge in [0.25, 0.3) is 5.91 Å². The lowest BCUT2D eigenvalue weighted by Gasteiger charge is -2.46. The number of anilines is 1. The molecule has 0 radical (unpaired) electrons. The molecule has 0 saturated carbocycles. The van der Waals surface area contributed by atoms with Crippen LogP contribution in [0.5, 0.6) is 11.5 Å². The number of nitrogens with zero attached hydrogens (tertiary/aromatic N) is 8. The highest BCUT2D eigenvalue weighted by Crippen LogP contribution is 2.33. The maximum absolute atomic E-state index is 14.7. The summed E-state index contributed by atoms with van der Waals surface area (Å²) in [6.45, 7) is 7.74. The highest BCUT2D eigenvalue weighted by Gasteiger charge is 2.40. The Bertz CT molecular complexity index is 2910. The van der Waals surface area contributed by atoms with E-state index in [4.69, 9.17) is 14.5 Å². The smallest absolute Gasteiger partial charge is 0.254 e. The first-order chi connectivity index (χ1) is 37.3. The van der Waals surface area contributed by atoms with Gasteiger partial charge >= 0.3 is 0 Å². The number of pyridine rings is 2. The maximum Gasteiger partial charge on any atom is 0.254 e. The molecule has 1 unspecified atom stereocenters. The lowest BCUT2D eigenvalue weighted by atomic mass is 9.86. The van der Waals surface area contributed by atoms with Crippen molar-refractivity contribution in [1.82, 2.24) is 45.2 Å². The number of unbranched alkanes of at least 4 members (excludes halogenated alkanes) is 3. The molecule has 77 heavy (non-hydrogen) atoms. The lowest BCUT2D eigenvalue weighted by molar-refractivity contribution is -0.137. The molecule has 0 bridgehead atoms. The summed E-state index contributed by atoms with van der Waals surface area (Å²) in [7, 11) is 3.69. The molecule has 6 heterocycles. The molecule has 3 aromatic heterocycles. The molecule has 0 aliphatic carbocycles. The first kappa shape index (κ1) is 57.0. The van der Waals surface area contributed by atoms with E-state index in [0.29, 0.717) is 124 Å². The van der Waals surface area contributed by atoms with E-state index < -0.39 is 29.1 Å². The molecule has 5 aromatic rings. The number of benzene rings is 2.